The van der Waals surface area contributed by atoms with Gasteiger partial charge in [0.1, 0.15) is 0 Å². The van der Waals surface area contributed by atoms with Crippen LogP contribution in [0.4, 0.5) is 0 Å². The Hall–Kier alpha value is -0.260. The van der Waals surface area contributed by atoms with Gasteiger partial charge in [-0.1, -0.05) is 84.8 Å². The predicted molar refractivity (Wildman–Crippen MR) is 101 cm³/mol. The van der Waals surface area contributed by atoms with Crippen LogP contribution in [-0.4, -0.2) is 0 Å². The smallest absolute Gasteiger partial charge is 0.0292 e. The van der Waals surface area contributed by atoms with Crippen molar-refractivity contribution in [1.29, 1.82) is 0 Å². The SMILES string of the molecule is CCC.CCCCCC1=CCC(C2CCCC(C)C2)C(C)C1. The number of rotatable bonds is 5. The molecule has 2 rings (SSSR count). The van der Waals surface area contributed by atoms with Gasteiger partial charge in [0.05, 0.1) is 0 Å². The molecule has 0 aromatic rings. The zero-order valence-corrected chi connectivity index (χ0v) is 16.2. The molecule has 0 amide bonds. The summed E-state index contributed by atoms with van der Waals surface area (Å²) in [5.74, 6) is 3.96. The third kappa shape index (κ3) is 6.88. The minimum absolute atomic E-state index is 0.942. The number of hydrogen-bond acceptors (Lipinski definition) is 0. The second-order valence-corrected chi connectivity index (χ2v) is 8.14. The van der Waals surface area contributed by atoms with Gasteiger partial charge in [-0.25, -0.2) is 0 Å². The molecule has 1 saturated carbocycles. The van der Waals surface area contributed by atoms with Gasteiger partial charge in [-0.15, -0.1) is 0 Å². The van der Waals surface area contributed by atoms with Gasteiger partial charge in [0.15, 0.2) is 0 Å². The first kappa shape index (κ1) is 19.8. The highest BCUT2D eigenvalue weighted by Gasteiger charge is 2.31. The summed E-state index contributed by atoms with van der Waals surface area (Å²) in [7, 11) is 0. The number of hydrogen-bond donors (Lipinski definition) is 0. The highest BCUT2D eigenvalue weighted by atomic mass is 14.4. The molecular formula is C22H42. The first-order valence-corrected chi connectivity index (χ1v) is 10.3. The Morgan fingerprint density at radius 3 is 2.36 bits per heavy atom. The summed E-state index contributed by atoms with van der Waals surface area (Å²) < 4.78 is 0. The molecule has 130 valence electrons. The van der Waals surface area contributed by atoms with Gasteiger partial charge in [0.25, 0.3) is 0 Å². The van der Waals surface area contributed by atoms with E-state index in [0.29, 0.717) is 0 Å². The Bertz CT molecular complexity index is 301. The molecule has 0 aliphatic heterocycles. The van der Waals surface area contributed by atoms with Crippen molar-refractivity contribution in [1.82, 2.24) is 0 Å². The van der Waals surface area contributed by atoms with Crippen molar-refractivity contribution in [2.75, 3.05) is 0 Å². The standard InChI is InChI=1S/C19H34.C3H8/c1-4-5-6-9-17-11-12-19(16(3)14-17)18-10-7-8-15(2)13-18;1-3-2/h11,15-16,18-19H,4-10,12-14H2,1-3H3;3H2,1-2H3. The molecule has 0 radical (unpaired) electrons. The number of allylic oxidation sites excluding steroid dienone is 2. The lowest BCUT2D eigenvalue weighted by Gasteiger charge is -2.39. The molecule has 0 spiro atoms. The fraction of sp³-hybridized carbons (Fsp3) is 0.909. The average molecular weight is 307 g/mol. The summed E-state index contributed by atoms with van der Waals surface area (Å²) >= 11 is 0. The van der Waals surface area contributed by atoms with Crippen molar-refractivity contribution in [2.24, 2.45) is 23.7 Å². The van der Waals surface area contributed by atoms with Crippen LogP contribution in [0.3, 0.4) is 0 Å². The molecule has 4 atom stereocenters. The van der Waals surface area contributed by atoms with Gasteiger partial charge in [0, 0.05) is 0 Å². The molecule has 0 aromatic heterocycles. The molecule has 1 fully saturated rings. The van der Waals surface area contributed by atoms with Gasteiger partial charge >= 0.3 is 0 Å². The second kappa shape index (κ2) is 11.3. The zero-order valence-electron chi connectivity index (χ0n) is 16.2. The van der Waals surface area contributed by atoms with E-state index in [4.69, 9.17) is 0 Å². The maximum Gasteiger partial charge on any atom is -0.0292 e. The van der Waals surface area contributed by atoms with E-state index in [1.54, 1.807) is 5.57 Å². The minimum atomic E-state index is 0.942. The fourth-order valence-electron chi connectivity index (χ4n) is 4.52. The Balaban J connectivity index is 0.000000745. The quantitative estimate of drug-likeness (QED) is 0.359. The van der Waals surface area contributed by atoms with E-state index in [1.165, 1.54) is 70.6 Å². The predicted octanol–water partition coefficient (Wildman–Crippen LogP) is 7.78. The largest absolute Gasteiger partial charge is 0.0850 e. The maximum absolute atomic E-state index is 2.62. The van der Waals surface area contributed by atoms with E-state index in [2.05, 4.69) is 40.7 Å². The molecule has 0 heterocycles. The minimum Gasteiger partial charge on any atom is -0.0850 e. The molecule has 0 nitrogen and oxygen atoms in total. The van der Waals surface area contributed by atoms with Gasteiger partial charge < -0.3 is 0 Å². The fourth-order valence-corrected chi connectivity index (χ4v) is 4.52. The highest BCUT2D eigenvalue weighted by Crippen LogP contribution is 2.43. The molecule has 22 heavy (non-hydrogen) atoms. The van der Waals surface area contributed by atoms with Crippen molar-refractivity contribution in [2.45, 2.75) is 105 Å². The van der Waals surface area contributed by atoms with Crippen LogP contribution in [0.25, 0.3) is 0 Å². The van der Waals surface area contributed by atoms with Crippen LogP contribution < -0.4 is 0 Å². The van der Waals surface area contributed by atoms with Gasteiger partial charge in [-0.3, -0.25) is 0 Å². The average Bonchev–Trinajstić information content (AvgIpc) is 2.48. The topological polar surface area (TPSA) is 0 Å². The summed E-state index contributed by atoms with van der Waals surface area (Å²) in [6, 6.07) is 0. The first-order chi connectivity index (χ1) is 10.6. The van der Waals surface area contributed by atoms with Crippen molar-refractivity contribution in [3.63, 3.8) is 0 Å². The lowest BCUT2D eigenvalue weighted by molar-refractivity contribution is 0.151. The zero-order chi connectivity index (χ0) is 16.4. The van der Waals surface area contributed by atoms with Crippen LogP contribution in [-0.2, 0) is 0 Å². The second-order valence-electron chi connectivity index (χ2n) is 8.14. The van der Waals surface area contributed by atoms with Crippen LogP contribution >= 0.6 is 0 Å². The van der Waals surface area contributed by atoms with Crippen LogP contribution in [0.1, 0.15) is 105 Å². The van der Waals surface area contributed by atoms with E-state index < -0.39 is 0 Å². The summed E-state index contributed by atoms with van der Waals surface area (Å²) in [6.07, 6.45) is 18.2. The van der Waals surface area contributed by atoms with E-state index >= 15 is 0 Å². The van der Waals surface area contributed by atoms with E-state index in [-0.39, 0.29) is 0 Å². The van der Waals surface area contributed by atoms with E-state index in [0.717, 1.165) is 23.7 Å². The van der Waals surface area contributed by atoms with Crippen LogP contribution in [0.5, 0.6) is 0 Å². The van der Waals surface area contributed by atoms with Gasteiger partial charge in [0.2, 0.25) is 0 Å². The molecule has 0 heteroatoms. The van der Waals surface area contributed by atoms with E-state index in [1.807, 2.05) is 0 Å². The third-order valence-corrected chi connectivity index (χ3v) is 5.68. The lowest BCUT2D eigenvalue weighted by atomic mass is 9.67. The van der Waals surface area contributed by atoms with Crippen LogP contribution in [0, 0.1) is 23.7 Å². The molecule has 0 saturated heterocycles. The molecule has 0 N–H and O–H groups in total. The molecule has 2 aliphatic carbocycles. The van der Waals surface area contributed by atoms with E-state index in [9.17, 15) is 0 Å². The van der Waals surface area contributed by atoms with Crippen molar-refractivity contribution < 1.29 is 0 Å². The summed E-state index contributed by atoms with van der Waals surface area (Å²) in [6.45, 7) is 11.5. The molecule has 2 aliphatic rings. The Morgan fingerprint density at radius 1 is 1.05 bits per heavy atom. The molecule has 4 unspecified atom stereocenters. The summed E-state index contributed by atoms with van der Waals surface area (Å²) in [4.78, 5) is 0. The number of unbranched alkanes of at least 4 members (excludes halogenated alkanes) is 2. The van der Waals surface area contributed by atoms with Gasteiger partial charge in [-0.05, 0) is 55.8 Å². The Kier molecular flexibility index (Phi) is 10.2. The normalized spacial score (nSPS) is 32.0. The summed E-state index contributed by atoms with van der Waals surface area (Å²) in [5.41, 5.74) is 1.78. The molecule has 0 aromatic carbocycles. The monoisotopic (exact) mass is 306 g/mol. The van der Waals surface area contributed by atoms with Gasteiger partial charge in [-0.2, -0.15) is 0 Å². The van der Waals surface area contributed by atoms with Crippen molar-refractivity contribution in [3.8, 4) is 0 Å². The Labute approximate surface area is 141 Å². The third-order valence-electron chi connectivity index (χ3n) is 5.68. The van der Waals surface area contributed by atoms with Crippen LogP contribution in [0.15, 0.2) is 11.6 Å². The molecule has 0 bridgehead atoms. The molecular weight excluding hydrogens is 264 g/mol. The summed E-state index contributed by atoms with van der Waals surface area (Å²) in [5, 5.41) is 0. The van der Waals surface area contributed by atoms with Crippen molar-refractivity contribution in [3.05, 3.63) is 11.6 Å². The van der Waals surface area contributed by atoms with Crippen LogP contribution in [0.2, 0.25) is 0 Å². The highest BCUT2D eigenvalue weighted by molar-refractivity contribution is 5.09. The first-order valence-electron chi connectivity index (χ1n) is 10.3. The van der Waals surface area contributed by atoms with Crippen molar-refractivity contribution >= 4 is 0 Å². The lowest BCUT2D eigenvalue weighted by Crippen LogP contribution is -2.28. The Morgan fingerprint density at radius 2 is 1.77 bits per heavy atom. The maximum atomic E-state index is 2.62.